The number of hydrogen-bond donors (Lipinski definition) is 1. The molecular weight excluding hydrogens is 498 g/mol. The first-order valence-electron chi connectivity index (χ1n) is 14.8. The second-order valence-electron chi connectivity index (χ2n) is 11.9. The fourth-order valence-electron chi connectivity index (χ4n) is 4.91. The Balaban J connectivity index is 1.22. The Kier molecular flexibility index (Phi) is 12.0. The molecule has 1 aliphatic rings. The third-order valence-corrected chi connectivity index (χ3v) is 7.37. The van der Waals surface area contributed by atoms with Gasteiger partial charge in [-0.3, -0.25) is 0 Å². The Morgan fingerprint density at radius 3 is 2.20 bits per heavy atom. The predicted octanol–water partition coefficient (Wildman–Crippen LogP) is 7.29. The molecule has 1 saturated heterocycles. The van der Waals surface area contributed by atoms with E-state index < -0.39 is 0 Å². The van der Waals surface area contributed by atoms with Crippen LogP contribution in [0.25, 0.3) is 0 Å². The van der Waals surface area contributed by atoms with Gasteiger partial charge >= 0.3 is 0 Å². The van der Waals surface area contributed by atoms with E-state index in [1.54, 1.807) is 0 Å². The van der Waals surface area contributed by atoms with Crippen LogP contribution in [0.1, 0.15) is 68.2 Å². The van der Waals surface area contributed by atoms with Crippen molar-refractivity contribution in [2.24, 2.45) is 5.41 Å². The molecule has 1 aliphatic heterocycles. The van der Waals surface area contributed by atoms with Crippen molar-refractivity contribution >= 4 is 0 Å². The largest absolute Gasteiger partial charge is 0.494 e. The van der Waals surface area contributed by atoms with E-state index in [-0.39, 0.29) is 11.5 Å². The van der Waals surface area contributed by atoms with Gasteiger partial charge in [-0.25, -0.2) is 0 Å². The molecule has 40 heavy (non-hydrogen) atoms. The van der Waals surface area contributed by atoms with E-state index in [0.29, 0.717) is 39.0 Å². The molecule has 0 spiro atoms. The van der Waals surface area contributed by atoms with Gasteiger partial charge < -0.3 is 24.3 Å². The fraction of sp³-hybridized carbons (Fsp3) is 0.486. The molecule has 5 nitrogen and oxygen atoms in total. The first kappa shape index (κ1) is 30.3. The summed E-state index contributed by atoms with van der Waals surface area (Å²) in [5.41, 5.74) is 5.21. The topological polar surface area (TPSA) is 49.0 Å². The van der Waals surface area contributed by atoms with Crippen molar-refractivity contribution in [2.45, 2.75) is 71.9 Å². The average Bonchev–Trinajstić information content (AvgIpc) is 2.97. The first-order valence-corrected chi connectivity index (χ1v) is 14.8. The van der Waals surface area contributed by atoms with Gasteiger partial charge in [0.05, 0.1) is 39.1 Å². The Labute approximate surface area is 241 Å². The summed E-state index contributed by atoms with van der Waals surface area (Å²) in [7, 11) is 0. The molecule has 0 bridgehead atoms. The molecule has 0 aliphatic carbocycles. The van der Waals surface area contributed by atoms with Crippen molar-refractivity contribution in [3.63, 3.8) is 0 Å². The van der Waals surface area contributed by atoms with Crippen molar-refractivity contribution in [2.75, 3.05) is 32.9 Å². The van der Waals surface area contributed by atoms with Crippen molar-refractivity contribution in [3.8, 4) is 5.75 Å². The molecule has 0 saturated carbocycles. The molecule has 0 aromatic heterocycles. The molecular formula is C35H47NO4. The minimum Gasteiger partial charge on any atom is -0.494 e. The maximum Gasteiger partial charge on any atom is 0.119 e. The number of benzene rings is 3. The zero-order chi connectivity index (χ0) is 28.0. The van der Waals surface area contributed by atoms with Gasteiger partial charge in [0, 0.05) is 25.5 Å². The Morgan fingerprint density at radius 2 is 1.45 bits per heavy atom. The van der Waals surface area contributed by atoms with E-state index in [1.165, 1.54) is 22.3 Å². The highest BCUT2D eigenvalue weighted by molar-refractivity contribution is 5.31. The quantitative estimate of drug-likeness (QED) is 0.203. The summed E-state index contributed by atoms with van der Waals surface area (Å²) in [6, 6.07) is 27.3. The fourth-order valence-corrected chi connectivity index (χ4v) is 4.91. The standard InChI is InChI=1S/C35H47NO4/c1-35(2,3)19-23-38-26-30-12-7-8-13-31(30)27-40-34-24-36-20-18-33(34)29-14-16-32(17-15-29)39-22-9-21-37-25-28-10-5-4-6-11-28/h4-8,10-17,33-34,36H,9,18-27H2,1-3H3. The number of ether oxygens (including phenoxy) is 4. The van der Waals surface area contributed by atoms with Crippen LogP contribution in [0.3, 0.4) is 0 Å². The maximum absolute atomic E-state index is 6.54. The van der Waals surface area contributed by atoms with E-state index in [1.807, 2.05) is 18.2 Å². The second kappa shape index (κ2) is 15.9. The van der Waals surface area contributed by atoms with Crippen molar-refractivity contribution in [1.29, 1.82) is 0 Å². The van der Waals surface area contributed by atoms with Crippen molar-refractivity contribution in [1.82, 2.24) is 5.32 Å². The molecule has 2 unspecified atom stereocenters. The predicted molar refractivity (Wildman–Crippen MR) is 162 cm³/mol. The van der Waals surface area contributed by atoms with Gasteiger partial charge in [-0.15, -0.1) is 0 Å². The van der Waals surface area contributed by atoms with E-state index in [9.17, 15) is 0 Å². The van der Waals surface area contributed by atoms with Crippen LogP contribution >= 0.6 is 0 Å². The monoisotopic (exact) mass is 545 g/mol. The summed E-state index contributed by atoms with van der Waals surface area (Å²) in [5, 5.41) is 3.52. The highest BCUT2D eigenvalue weighted by atomic mass is 16.5. The third kappa shape index (κ3) is 10.4. The lowest BCUT2D eigenvalue weighted by Gasteiger charge is -2.33. The Bertz CT molecular complexity index is 1110. The second-order valence-corrected chi connectivity index (χ2v) is 11.9. The van der Waals surface area contributed by atoms with Crippen LogP contribution in [0.2, 0.25) is 0 Å². The molecule has 0 radical (unpaired) electrons. The summed E-state index contributed by atoms with van der Waals surface area (Å²) in [4.78, 5) is 0. The normalized spacial score (nSPS) is 17.6. The van der Waals surface area contributed by atoms with Crippen molar-refractivity contribution in [3.05, 3.63) is 101 Å². The first-order chi connectivity index (χ1) is 19.5. The van der Waals surface area contributed by atoms with Crippen LogP contribution < -0.4 is 10.1 Å². The molecule has 0 amide bonds. The van der Waals surface area contributed by atoms with Gasteiger partial charge in [-0.2, -0.15) is 0 Å². The van der Waals surface area contributed by atoms with Gasteiger partial charge in [0.2, 0.25) is 0 Å². The number of nitrogens with one attached hydrogen (secondary N) is 1. The third-order valence-electron chi connectivity index (χ3n) is 7.37. The number of hydrogen-bond acceptors (Lipinski definition) is 5. The minimum atomic E-state index is 0.122. The van der Waals surface area contributed by atoms with Crippen LogP contribution in [0.4, 0.5) is 0 Å². The molecule has 3 aromatic rings. The van der Waals surface area contributed by atoms with Crippen LogP contribution in [0.15, 0.2) is 78.9 Å². The molecule has 1 heterocycles. The summed E-state index contributed by atoms with van der Waals surface area (Å²) >= 11 is 0. The summed E-state index contributed by atoms with van der Waals surface area (Å²) < 4.78 is 24.3. The lowest BCUT2D eigenvalue weighted by Crippen LogP contribution is -2.41. The Morgan fingerprint density at radius 1 is 0.750 bits per heavy atom. The van der Waals surface area contributed by atoms with Gasteiger partial charge in [0.25, 0.3) is 0 Å². The number of rotatable bonds is 15. The molecule has 3 aromatic carbocycles. The molecule has 1 fully saturated rings. The summed E-state index contributed by atoms with van der Waals surface area (Å²) in [6.45, 7) is 12.6. The van der Waals surface area contributed by atoms with E-state index in [2.05, 4.69) is 86.8 Å². The minimum absolute atomic E-state index is 0.122. The van der Waals surface area contributed by atoms with E-state index >= 15 is 0 Å². The van der Waals surface area contributed by atoms with Gasteiger partial charge in [0.15, 0.2) is 0 Å². The number of piperidine rings is 1. The zero-order valence-corrected chi connectivity index (χ0v) is 24.6. The van der Waals surface area contributed by atoms with Crippen LogP contribution in [0.5, 0.6) is 5.75 Å². The molecule has 216 valence electrons. The van der Waals surface area contributed by atoms with Gasteiger partial charge in [-0.1, -0.05) is 87.5 Å². The molecule has 4 rings (SSSR count). The smallest absolute Gasteiger partial charge is 0.119 e. The maximum atomic E-state index is 6.54. The van der Waals surface area contributed by atoms with Gasteiger partial charge in [-0.05, 0) is 59.2 Å². The van der Waals surface area contributed by atoms with Crippen LogP contribution in [-0.4, -0.2) is 39.0 Å². The SMILES string of the molecule is CC(C)(C)CCOCc1ccccc1COC1CNCCC1c1ccc(OCCCOCc2ccccc2)cc1. The summed E-state index contributed by atoms with van der Waals surface area (Å²) in [5.74, 6) is 1.26. The highest BCUT2D eigenvalue weighted by Crippen LogP contribution is 2.30. The molecule has 1 N–H and O–H groups in total. The van der Waals surface area contributed by atoms with Crippen LogP contribution in [0, 0.1) is 5.41 Å². The Hall–Kier alpha value is -2.70. The average molecular weight is 546 g/mol. The van der Waals surface area contributed by atoms with E-state index in [4.69, 9.17) is 18.9 Å². The van der Waals surface area contributed by atoms with Gasteiger partial charge in [0.1, 0.15) is 5.75 Å². The lowest BCUT2D eigenvalue weighted by molar-refractivity contribution is 0.00931. The molecule has 5 heteroatoms. The van der Waals surface area contributed by atoms with Crippen LogP contribution in [-0.2, 0) is 34.0 Å². The lowest BCUT2D eigenvalue weighted by atomic mass is 9.87. The zero-order valence-electron chi connectivity index (χ0n) is 24.6. The summed E-state index contributed by atoms with van der Waals surface area (Å²) in [6.07, 6.45) is 3.09. The van der Waals surface area contributed by atoms with Crippen molar-refractivity contribution < 1.29 is 18.9 Å². The molecule has 2 atom stereocenters. The van der Waals surface area contributed by atoms with E-state index in [0.717, 1.165) is 44.7 Å². The highest BCUT2D eigenvalue weighted by Gasteiger charge is 2.27.